The molecule has 3 aliphatic heterocycles. The highest BCUT2D eigenvalue weighted by Crippen LogP contribution is 2.32. The van der Waals surface area contributed by atoms with Crippen molar-refractivity contribution in [1.82, 2.24) is 19.4 Å². The number of sulfonamides is 1. The number of nitriles is 1. The molecule has 3 heterocycles. The van der Waals surface area contributed by atoms with Gasteiger partial charge in [-0.1, -0.05) is 17.7 Å². The van der Waals surface area contributed by atoms with E-state index in [1.807, 2.05) is 31.3 Å². The summed E-state index contributed by atoms with van der Waals surface area (Å²) in [5.41, 5.74) is 1.04. The quantitative estimate of drug-likeness (QED) is 0.685. The van der Waals surface area contributed by atoms with E-state index >= 15 is 0 Å². The van der Waals surface area contributed by atoms with Gasteiger partial charge < -0.3 is 0 Å². The number of piperidine rings is 1. The van der Waals surface area contributed by atoms with Gasteiger partial charge in [-0.25, -0.2) is 13.4 Å². The first-order valence-electron chi connectivity index (χ1n) is 9.86. The molecular weight excluding hydrogens is 410 g/mol. The molecule has 2 atom stereocenters. The van der Waals surface area contributed by atoms with Gasteiger partial charge in [0.25, 0.3) is 0 Å². The molecule has 0 aliphatic carbocycles. The molecule has 1 aromatic rings. The summed E-state index contributed by atoms with van der Waals surface area (Å²) in [5, 5.41) is 13.3. The van der Waals surface area contributed by atoms with Gasteiger partial charge in [-0.05, 0) is 31.9 Å². The normalized spacial score (nSPS) is 27.8. The lowest BCUT2D eigenvalue weighted by Crippen LogP contribution is -2.67. The van der Waals surface area contributed by atoms with E-state index in [2.05, 4.69) is 16.0 Å². The molecule has 29 heavy (non-hydrogen) atoms. The second kappa shape index (κ2) is 8.51. The summed E-state index contributed by atoms with van der Waals surface area (Å²) >= 11 is 1.77. The van der Waals surface area contributed by atoms with Gasteiger partial charge in [0.05, 0.1) is 11.0 Å². The Bertz CT molecular complexity index is 865. The number of hydroxylamine groups is 1. The summed E-state index contributed by atoms with van der Waals surface area (Å²) in [5.74, 6) is 1.67. The minimum absolute atomic E-state index is 0.0775. The predicted octanol–water partition coefficient (Wildman–Crippen LogP) is 1.47. The van der Waals surface area contributed by atoms with Crippen LogP contribution in [0.2, 0.25) is 0 Å². The Kier molecular flexibility index (Phi) is 6.18. The summed E-state index contributed by atoms with van der Waals surface area (Å²) in [7, 11) is -1.46. The zero-order valence-corrected chi connectivity index (χ0v) is 18.4. The fraction of sp³-hybridized carbons (Fsp3) is 0.632. The van der Waals surface area contributed by atoms with Crippen molar-refractivity contribution in [1.29, 1.82) is 5.26 Å². The molecule has 4 rings (SSSR count). The molecule has 1 aromatic carbocycles. The molecule has 0 amide bonds. The van der Waals surface area contributed by atoms with E-state index in [4.69, 9.17) is 4.84 Å². The standard InChI is InChI=1S/C19H27N5O3S2/c1-15-3-5-18(6-4-15)29(25,26)22-9-7-16(8-10-22)21(2)24-19(12-27-24)23-14-28-13-17(23)11-20/h3-6,16-17,19H,7-10,12-14H2,1-2H3. The lowest BCUT2D eigenvalue weighted by molar-refractivity contribution is -0.419. The Labute approximate surface area is 177 Å². The molecule has 0 bridgehead atoms. The minimum atomic E-state index is -3.45. The largest absolute Gasteiger partial charge is 0.279 e. The van der Waals surface area contributed by atoms with E-state index in [0.29, 0.717) is 24.6 Å². The zero-order valence-electron chi connectivity index (χ0n) is 16.8. The van der Waals surface area contributed by atoms with Crippen LogP contribution < -0.4 is 0 Å². The van der Waals surface area contributed by atoms with E-state index in [1.165, 1.54) is 0 Å². The molecule has 3 fully saturated rings. The van der Waals surface area contributed by atoms with Crippen molar-refractivity contribution in [2.75, 3.05) is 38.4 Å². The molecule has 158 valence electrons. The maximum absolute atomic E-state index is 12.9. The molecule has 8 nitrogen and oxygen atoms in total. The van der Waals surface area contributed by atoms with E-state index in [0.717, 1.165) is 30.0 Å². The summed E-state index contributed by atoms with van der Waals surface area (Å²) in [6.07, 6.45) is 1.56. The van der Waals surface area contributed by atoms with Crippen molar-refractivity contribution in [3.63, 3.8) is 0 Å². The van der Waals surface area contributed by atoms with Gasteiger partial charge in [-0.2, -0.15) is 9.57 Å². The van der Waals surface area contributed by atoms with Crippen molar-refractivity contribution in [3.8, 4) is 6.07 Å². The van der Waals surface area contributed by atoms with Crippen molar-refractivity contribution in [2.24, 2.45) is 0 Å². The molecular formula is C19H27N5O3S2. The van der Waals surface area contributed by atoms with Crippen LogP contribution in [0, 0.1) is 18.3 Å². The van der Waals surface area contributed by atoms with Crippen molar-refractivity contribution >= 4 is 21.8 Å². The first-order valence-corrected chi connectivity index (χ1v) is 12.5. The number of nitrogens with zero attached hydrogens (tertiary/aromatic N) is 5. The highest BCUT2D eigenvalue weighted by Gasteiger charge is 2.45. The first kappa shape index (κ1) is 21.1. The van der Waals surface area contributed by atoms with Crippen LogP contribution in [0.3, 0.4) is 0 Å². The van der Waals surface area contributed by atoms with Crippen LogP contribution in [0.25, 0.3) is 0 Å². The summed E-state index contributed by atoms with van der Waals surface area (Å²) in [6, 6.07) is 9.53. The average Bonchev–Trinajstić information content (AvgIpc) is 3.15. The van der Waals surface area contributed by atoms with Crippen LogP contribution in [0.1, 0.15) is 18.4 Å². The molecule has 0 spiro atoms. The Morgan fingerprint density at radius 3 is 2.52 bits per heavy atom. The number of rotatable bonds is 5. The molecule has 10 heteroatoms. The second-order valence-corrected chi connectivity index (χ2v) is 10.7. The number of hydrogen-bond donors (Lipinski definition) is 0. The van der Waals surface area contributed by atoms with Gasteiger partial charge >= 0.3 is 0 Å². The maximum Gasteiger partial charge on any atom is 0.243 e. The molecule has 3 aliphatic rings. The highest BCUT2D eigenvalue weighted by molar-refractivity contribution is 7.99. The monoisotopic (exact) mass is 437 g/mol. The number of aryl methyl sites for hydroxylation is 1. The lowest BCUT2D eigenvalue weighted by atomic mass is 10.1. The molecule has 0 N–H and O–H groups in total. The SMILES string of the molecule is Cc1ccc(S(=O)(=O)N2CCC(N(C)N3OCC3N3CSCC3C#N)CC2)cc1. The van der Waals surface area contributed by atoms with Crippen LogP contribution in [0.4, 0.5) is 0 Å². The predicted molar refractivity (Wildman–Crippen MR) is 111 cm³/mol. The van der Waals surface area contributed by atoms with Crippen molar-refractivity contribution in [3.05, 3.63) is 29.8 Å². The van der Waals surface area contributed by atoms with Crippen LogP contribution in [-0.4, -0.2) is 84.4 Å². The Morgan fingerprint density at radius 1 is 1.24 bits per heavy atom. The molecule has 0 aromatic heterocycles. The first-order chi connectivity index (χ1) is 13.9. The fourth-order valence-corrected chi connectivity index (χ4v) is 6.70. The second-order valence-electron chi connectivity index (χ2n) is 7.76. The Hall–Kier alpha value is -1.19. The van der Waals surface area contributed by atoms with Crippen molar-refractivity contribution in [2.45, 2.75) is 42.9 Å². The molecule has 3 saturated heterocycles. The van der Waals surface area contributed by atoms with Crippen LogP contribution in [-0.2, 0) is 14.9 Å². The molecule has 2 unspecified atom stereocenters. The highest BCUT2D eigenvalue weighted by atomic mass is 32.2. The van der Waals surface area contributed by atoms with Crippen LogP contribution in [0.5, 0.6) is 0 Å². The third kappa shape index (κ3) is 4.05. The summed E-state index contributed by atoms with van der Waals surface area (Å²) in [6.45, 7) is 3.51. The van der Waals surface area contributed by atoms with E-state index in [-0.39, 0.29) is 18.2 Å². The molecule has 0 radical (unpaired) electrons. The van der Waals surface area contributed by atoms with Gasteiger partial charge in [-0.15, -0.1) is 16.9 Å². The third-order valence-electron chi connectivity index (χ3n) is 5.98. The zero-order chi connectivity index (χ0) is 20.6. The van der Waals surface area contributed by atoms with Gasteiger partial charge in [0.15, 0.2) is 0 Å². The number of hydrogen-bond acceptors (Lipinski definition) is 8. The third-order valence-corrected chi connectivity index (χ3v) is 8.93. The van der Waals surface area contributed by atoms with Gasteiger partial charge in [0, 0.05) is 37.8 Å². The smallest absolute Gasteiger partial charge is 0.243 e. The topological polar surface area (TPSA) is 80.1 Å². The van der Waals surface area contributed by atoms with Crippen molar-refractivity contribution < 1.29 is 13.3 Å². The summed E-state index contributed by atoms with van der Waals surface area (Å²) < 4.78 is 27.4. The Balaban J connectivity index is 1.36. The van der Waals surface area contributed by atoms with Crippen LogP contribution >= 0.6 is 11.8 Å². The van der Waals surface area contributed by atoms with Gasteiger partial charge in [-0.3, -0.25) is 9.74 Å². The van der Waals surface area contributed by atoms with Gasteiger partial charge in [0.1, 0.15) is 18.8 Å². The number of thioether (sulfide) groups is 1. The van der Waals surface area contributed by atoms with Gasteiger partial charge in [0.2, 0.25) is 10.0 Å². The lowest BCUT2D eigenvalue weighted by Gasteiger charge is -2.51. The van der Waals surface area contributed by atoms with E-state index in [9.17, 15) is 13.7 Å². The number of hydrazine groups is 1. The van der Waals surface area contributed by atoms with Crippen LogP contribution in [0.15, 0.2) is 29.2 Å². The average molecular weight is 438 g/mol. The minimum Gasteiger partial charge on any atom is -0.279 e. The molecule has 0 saturated carbocycles. The summed E-state index contributed by atoms with van der Waals surface area (Å²) in [4.78, 5) is 8.24. The Morgan fingerprint density at radius 2 is 1.93 bits per heavy atom. The van der Waals surface area contributed by atoms with E-state index < -0.39 is 10.0 Å². The number of benzene rings is 1. The maximum atomic E-state index is 12.9. The fourth-order valence-electron chi connectivity index (χ4n) is 4.07. The van der Waals surface area contributed by atoms with E-state index in [1.54, 1.807) is 28.2 Å².